The Hall–Kier alpha value is -2.74. The molecule has 0 aliphatic carbocycles. The first kappa shape index (κ1) is 20.5. The van der Waals surface area contributed by atoms with Gasteiger partial charge < -0.3 is 14.6 Å². The van der Waals surface area contributed by atoms with Crippen molar-refractivity contribution in [1.82, 2.24) is 0 Å². The van der Waals surface area contributed by atoms with Crippen LogP contribution in [0.5, 0.6) is 11.5 Å². The van der Waals surface area contributed by atoms with Crippen LogP contribution in [0.3, 0.4) is 0 Å². The minimum Gasteiger partial charge on any atom is -0.486 e. The summed E-state index contributed by atoms with van der Waals surface area (Å²) in [6.45, 7) is 2.61. The molecule has 0 spiro atoms. The van der Waals surface area contributed by atoms with E-state index in [1.54, 1.807) is 42.5 Å². The number of hydrogen-bond donors (Lipinski definition) is 2. The average molecular weight is 446 g/mol. The number of aliphatic hydroxyl groups is 1. The van der Waals surface area contributed by atoms with Gasteiger partial charge >= 0.3 is 0 Å². The van der Waals surface area contributed by atoms with Gasteiger partial charge in [0.25, 0.3) is 10.0 Å². The van der Waals surface area contributed by atoms with E-state index in [1.807, 2.05) is 6.92 Å². The van der Waals surface area contributed by atoms with Crippen molar-refractivity contribution in [2.45, 2.75) is 17.9 Å². The number of fused-ring (bicyclic) bond motifs is 1. The third kappa shape index (κ3) is 4.23. The number of aliphatic hydroxyl groups excluding tert-OH is 1. The Morgan fingerprint density at radius 2 is 1.57 bits per heavy atom. The lowest BCUT2D eigenvalue weighted by Crippen LogP contribution is -2.19. The molecule has 30 heavy (non-hydrogen) atoms. The van der Waals surface area contributed by atoms with Gasteiger partial charge in [0.2, 0.25) is 0 Å². The predicted molar refractivity (Wildman–Crippen MR) is 115 cm³/mol. The SMILES string of the molecule is Cc1ccc(S(=O)(=O)Nc2cc3c(cc2[C@@H](O)c2ccc(Cl)cc2)OCCO3)cc1. The molecule has 0 saturated carbocycles. The van der Waals surface area contributed by atoms with Gasteiger partial charge in [-0.2, -0.15) is 0 Å². The van der Waals surface area contributed by atoms with E-state index in [2.05, 4.69) is 4.72 Å². The summed E-state index contributed by atoms with van der Waals surface area (Å²) in [5.41, 5.74) is 2.07. The van der Waals surface area contributed by atoms with Gasteiger partial charge in [0.05, 0.1) is 10.6 Å². The Morgan fingerprint density at radius 3 is 2.20 bits per heavy atom. The van der Waals surface area contributed by atoms with Gasteiger partial charge in [-0.05, 0) is 42.8 Å². The molecule has 2 N–H and O–H groups in total. The Kier molecular flexibility index (Phi) is 5.60. The third-order valence-electron chi connectivity index (χ3n) is 4.77. The van der Waals surface area contributed by atoms with Gasteiger partial charge in [0, 0.05) is 16.7 Å². The molecule has 1 heterocycles. The van der Waals surface area contributed by atoms with E-state index >= 15 is 0 Å². The lowest BCUT2D eigenvalue weighted by molar-refractivity contribution is 0.170. The van der Waals surface area contributed by atoms with E-state index < -0.39 is 16.1 Å². The number of rotatable bonds is 5. The highest BCUT2D eigenvalue weighted by Crippen LogP contribution is 2.40. The highest BCUT2D eigenvalue weighted by atomic mass is 35.5. The van der Waals surface area contributed by atoms with Crippen molar-refractivity contribution in [3.8, 4) is 11.5 Å². The molecular formula is C22H20ClNO5S. The maximum absolute atomic E-state index is 13.0. The second kappa shape index (κ2) is 8.18. The second-order valence-corrected chi connectivity index (χ2v) is 9.07. The van der Waals surface area contributed by atoms with Crippen LogP contribution in [0.15, 0.2) is 65.6 Å². The monoisotopic (exact) mass is 445 g/mol. The van der Waals surface area contributed by atoms with E-state index in [4.69, 9.17) is 21.1 Å². The Labute approximate surface area is 180 Å². The second-order valence-electron chi connectivity index (χ2n) is 6.96. The van der Waals surface area contributed by atoms with Crippen LogP contribution in [0.2, 0.25) is 5.02 Å². The van der Waals surface area contributed by atoms with Crippen LogP contribution < -0.4 is 14.2 Å². The smallest absolute Gasteiger partial charge is 0.261 e. The molecule has 0 amide bonds. The van der Waals surface area contributed by atoms with Crippen molar-refractivity contribution in [1.29, 1.82) is 0 Å². The van der Waals surface area contributed by atoms with E-state index in [9.17, 15) is 13.5 Å². The minimum absolute atomic E-state index is 0.120. The zero-order valence-electron chi connectivity index (χ0n) is 16.1. The largest absolute Gasteiger partial charge is 0.486 e. The van der Waals surface area contributed by atoms with Gasteiger partial charge in [0.1, 0.15) is 19.3 Å². The summed E-state index contributed by atoms with van der Waals surface area (Å²) in [5, 5.41) is 11.5. The van der Waals surface area contributed by atoms with Crippen molar-refractivity contribution in [3.05, 3.63) is 82.4 Å². The van der Waals surface area contributed by atoms with Crippen LogP contribution in [0.1, 0.15) is 22.8 Å². The molecule has 0 unspecified atom stereocenters. The zero-order chi connectivity index (χ0) is 21.3. The fourth-order valence-electron chi connectivity index (χ4n) is 3.16. The van der Waals surface area contributed by atoms with E-state index in [0.29, 0.717) is 40.9 Å². The fourth-order valence-corrected chi connectivity index (χ4v) is 4.37. The number of halogens is 1. The first-order valence-corrected chi connectivity index (χ1v) is 11.2. The molecule has 0 saturated heterocycles. The summed E-state index contributed by atoms with van der Waals surface area (Å²) in [4.78, 5) is 0.120. The first-order valence-electron chi connectivity index (χ1n) is 9.30. The van der Waals surface area contributed by atoms with Crippen LogP contribution >= 0.6 is 11.6 Å². The van der Waals surface area contributed by atoms with Crippen LogP contribution in [0.25, 0.3) is 0 Å². The molecular weight excluding hydrogens is 426 g/mol. The molecule has 1 aliphatic rings. The molecule has 4 rings (SSSR count). The molecule has 3 aromatic carbocycles. The number of hydrogen-bond acceptors (Lipinski definition) is 5. The molecule has 156 valence electrons. The van der Waals surface area contributed by atoms with Crippen LogP contribution in [-0.2, 0) is 10.0 Å². The quantitative estimate of drug-likeness (QED) is 0.611. The molecule has 1 aliphatic heterocycles. The van der Waals surface area contributed by atoms with Gasteiger partial charge in [0.15, 0.2) is 11.5 Å². The molecule has 6 nitrogen and oxygen atoms in total. The zero-order valence-corrected chi connectivity index (χ0v) is 17.7. The van der Waals surface area contributed by atoms with Crippen molar-refractivity contribution in [2.24, 2.45) is 0 Å². The normalized spacial score (nSPS) is 14.2. The summed E-state index contributed by atoms with van der Waals surface area (Å²) in [7, 11) is -3.88. The summed E-state index contributed by atoms with van der Waals surface area (Å²) in [5.74, 6) is 0.859. The van der Waals surface area contributed by atoms with Crippen molar-refractivity contribution >= 4 is 27.3 Å². The fraction of sp³-hybridized carbons (Fsp3) is 0.182. The van der Waals surface area contributed by atoms with E-state index in [1.165, 1.54) is 18.2 Å². The van der Waals surface area contributed by atoms with E-state index in [0.717, 1.165) is 5.56 Å². The number of anilines is 1. The predicted octanol–water partition coefficient (Wildman–Crippen LogP) is 4.30. The maximum atomic E-state index is 13.0. The average Bonchev–Trinajstić information content (AvgIpc) is 2.73. The highest BCUT2D eigenvalue weighted by Gasteiger charge is 2.24. The summed E-state index contributed by atoms with van der Waals surface area (Å²) in [6, 6.07) is 16.3. The number of sulfonamides is 1. The van der Waals surface area contributed by atoms with Crippen molar-refractivity contribution in [2.75, 3.05) is 17.9 Å². The summed E-state index contributed by atoms with van der Waals surface area (Å²) in [6.07, 6.45) is -1.10. The van der Waals surface area contributed by atoms with Crippen LogP contribution in [-0.4, -0.2) is 26.7 Å². The lowest BCUT2D eigenvalue weighted by atomic mass is 9.99. The van der Waals surface area contributed by atoms with Gasteiger partial charge in [-0.25, -0.2) is 8.42 Å². The summed E-state index contributed by atoms with van der Waals surface area (Å²) >= 11 is 5.94. The number of benzene rings is 3. The molecule has 0 radical (unpaired) electrons. The standard InChI is InChI=1S/C22H20ClNO5S/c1-14-2-8-17(9-3-14)30(26,27)24-19-13-21-20(28-10-11-29-21)12-18(19)22(25)15-4-6-16(23)7-5-15/h2-9,12-13,22,24-25H,10-11H2,1H3/t22-/m0/s1. The van der Waals surface area contributed by atoms with Crippen molar-refractivity contribution in [3.63, 3.8) is 0 Å². The van der Waals surface area contributed by atoms with Crippen LogP contribution in [0.4, 0.5) is 5.69 Å². The first-order chi connectivity index (χ1) is 14.3. The van der Waals surface area contributed by atoms with Gasteiger partial charge in [-0.3, -0.25) is 4.72 Å². The minimum atomic E-state index is -3.88. The van der Waals surface area contributed by atoms with Gasteiger partial charge in [-0.15, -0.1) is 0 Å². The molecule has 0 bridgehead atoms. The van der Waals surface area contributed by atoms with Crippen molar-refractivity contribution < 1.29 is 23.0 Å². The maximum Gasteiger partial charge on any atom is 0.261 e. The molecule has 8 heteroatoms. The Balaban J connectivity index is 1.77. The third-order valence-corrected chi connectivity index (χ3v) is 6.40. The topological polar surface area (TPSA) is 84.9 Å². The highest BCUT2D eigenvalue weighted by molar-refractivity contribution is 7.92. The molecule has 1 atom stereocenters. The molecule has 0 aromatic heterocycles. The molecule has 0 fully saturated rings. The van der Waals surface area contributed by atoms with Gasteiger partial charge in [-0.1, -0.05) is 41.4 Å². The molecule has 3 aromatic rings. The number of ether oxygens (including phenoxy) is 2. The number of nitrogens with one attached hydrogen (secondary N) is 1. The summed E-state index contributed by atoms with van der Waals surface area (Å²) < 4.78 is 39.7. The van der Waals surface area contributed by atoms with E-state index in [-0.39, 0.29) is 10.6 Å². The Morgan fingerprint density at radius 1 is 0.967 bits per heavy atom. The Bertz CT molecular complexity index is 1160. The lowest BCUT2D eigenvalue weighted by Gasteiger charge is -2.24. The number of aryl methyl sites for hydroxylation is 1. The van der Waals surface area contributed by atoms with Crippen LogP contribution in [0, 0.1) is 6.92 Å².